The van der Waals surface area contributed by atoms with Crippen LogP contribution in [0.2, 0.25) is 0 Å². The molecule has 6 nitrogen and oxygen atoms in total. The lowest BCUT2D eigenvalue weighted by Gasteiger charge is -2.40. The summed E-state index contributed by atoms with van der Waals surface area (Å²) in [5.41, 5.74) is 1.25. The number of benzene rings is 1. The van der Waals surface area contributed by atoms with Gasteiger partial charge >= 0.3 is 0 Å². The van der Waals surface area contributed by atoms with E-state index in [9.17, 15) is 9.59 Å². The first kappa shape index (κ1) is 21.6. The molecule has 3 rings (SSSR count). The van der Waals surface area contributed by atoms with Crippen LogP contribution in [-0.4, -0.2) is 53.0 Å². The summed E-state index contributed by atoms with van der Waals surface area (Å²) < 4.78 is 0. The van der Waals surface area contributed by atoms with Crippen molar-refractivity contribution in [3.63, 3.8) is 0 Å². The number of halogens is 1. The smallest absolute Gasteiger partial charge is 0.272 e. The van der Waals surface area contributed by atoms with Crippen LogP contribution in [0.4, 0.5) is 0 Å². The molecule has 0 aliphatic carbocycles. The highest BCUT2D eigenvalue weighted by molar-refractivity contribution is 6.39. The second kappa shape index (κ2) is 9.61. The van der Waals surface area contributed by atoms with Gasteiger partial charge in [-0.15, -0.1) is 11.6 Å². The summed E-state index contributed by atoms with van der Waals surface area (Å²) in [7, 11) is 0. The molecule has 1 aromatic carbocycles. The predicted octanol–water partition coefficient (Wildman–Crippen LogP) is 3.14. The molecule has 0 radical (unpaired) electrons. The van der Waals surface area contributed by atoms with Gasteiger partial charge in [0, 0.05) is 31.5 Å². The summed E-state index contributed by atoms with van der Waals surface area (Å²) in [6, 6.07) is 10.2. The Labute approximate surface area is 177 Å². The number of likely N-dealkylation sites (tertiary alicyclic amines) is 1. The first-order valence-corrected chi connectivity index (χ1v) is 10.9. The Morgan fingerprint density at radius 1 is 1.31 bits per heavy atom. The van der Waals surface area contributed by atoms with Crippen molar-refractivity contribution in [3.05, 3.63) is 35.9 Å². The summed E-state index contributed by atoms with van der Waals surface area (Å²) in [6.07, 6.45) is 4.26. The maximum Gasteiger partial charge on any atom is 0.272 e. The monoisotopic (exact) mass is 419 g/mol. The van der Waals surface area contributed by atoms with Crippen LogP contribution in [-0.2, 0) is 20.8 Å². The number of rotatable bonds is 7. The lowest BCUT2D eigenvalue weighted by molar-refractivity contribution is -0.129. The number of carbonyl (C=O) groups excluding carboxylic acids is 2. The summed E-state index contributed by atoms with van der Waals surface area (Å²) in [5.74, 6) is -0.185. The zero-order valence-corrected chi connectivity index (χ0v) is 18.0. The minimum atomic E-state index is -0.436. The highest BCUT2D eigenvalue weighted by Gasteiger charge is 2.39. The van der Waals surface area contributed by atoms with E-state index in [4.69, 9.17) is 16.4 Å². The average Bonchev–Trinajstić information content (AvgIpc) is 3.10. The molecule has 0 aromatic heterocycles. The van der Waals surface area contributed by atoms with E-state index in [0.29, 0.717) is 25.2 Å². The van der Waals surface area contributed by atoms with Gasteiger partial charge in [0.1, 0.15) is 17.2 Å². The van der Waals surface area contributed by atoms with Crippen molar-refractivity contribution in [2.24, 2.45) is 11.1 Å². The van der Waals surface area contributed by atoms with E-state index < -0.39 is 5.60 Å². The fourth-order valence-electron chi connectivity index (χ4n) is 4.18. The van der Waals surface area contributed by atoms with E-state index in [1.807, 2.05) is 36.9 Å². The van der Waals surface area contributed by atoms with Crippen LogP contribution in [0.5, 0.6) is 0 Å². The topological polar surface area (TPSA) is 71.0 Å². The van der Waals surface area contributed by atoms with Crippen LogP contribution in [0.15, 0.2) is 35.5 Å². The number of nitrogens with one attached hydrogen (secondary N) is 1. The third-order valence-electron chi connectivity index (χ3n) is 5.62. The molecule has 1 saturated heterocycles. The van der Waals surface area contributed by atoms with Crippen LogP contribution >= 0.6 is 11.6 Å². The van der Waals surface area contributed by atoms with Gasteiger partial charge in [-0.3, -0.25) is 9.59 Å². The fourth-order valence-corrected chi connectivity index (χ4v) is 4.27. The minimum absolute atomic E-state index is 0.0398. The molecule has 2 amide bonds. The van der Waals surface area contributed by atoms with Crippen molar-refractivity contribution in [2.75, 3.05) is 19.0 Å². The molecule has 2 atom stereocenters. The molecule has 29 heavy (non-hydrogen) atoms. The van der Waals surface area contributed by atoms with E-state index >= 15 is 0 Å². The Bertz CT molecular complexity index is 751. The van der Waals surface area contributed by atoms with Crippen LogP contribution < -0.4 is 5.32 Å². The van der Waals surface area contributed by atoms with Gasteiger partial charge in [-0.2, -0.15) is 0 Å². The molecule has 2 unspecified atom stereocenters. The second-order valence-electron chi connectivity index (χ2n) is 8.51. The van der Waals surface area contributed by atoms with Crippen molar-refractivity contribution < 1.29 is 14.4 Å². The van der Waals surface area contributed by atoms with E-state index in [1.54, 1.807) is 0 Å². The lowest BCUT2D eigenvalue weighted by Crippen LogP contribution is -2.52. The highest BCUT2D eigenvalue weighted by Crippen LogP contribution is 2.29. The quantitative estimate of drug-likeness (QED) is 0.690. The Morgan fingerprint density at radius 3 is 2.72 bits per heavy atom. The lowest BCUT2D eigenvalue weighted by atomic mass is 9.85. The van der Waals surface area contributed by atoms with E-state index in [2.05, 4.69) is 22.6 Å². The molecule has 0 bridgehead atoms. The van der Waals surface area contributed by atoms with Crippen molar-refractivity contribution >= 4 is 29.1 Å². The number of piperidine rings is 1. The number of carbonyl (C=O) groups is 2. The zero-order chi connectivity index (χ0) is 20.9. The number of oxime groups is 1. The molecule has 1 fully saturated rings. The summed E-state index contributed by atoms with van der Waals surface area (Å²) in [6.45, 7) is 5.07. The highest BCUT2D eigenvalue weighted by atomic mass is 35.5. The van der Waals surface area contributed by atoms with Crippen LogP contribution in [0.3, 0.4) is 0 Å². The Morgan fingerprint density at radius 2 is 2.07 bits per heavy atom. The summed E-state index contributed by atoms with van der Waals surface area (Å²) in [5, 5.41) is 7.00. The molecule has 0 spiro atoms. The van der Waals surface area contributed by atoms with Crippen LogP contribution in [0.25, 0.3) is 0 Å². The Hall–Kier alpha value is -2.08. The largest absolute Gasteiger partial charge is 0.389 e. The first-order chi connectivity index (χ1) is 13.9. The SMILES string of the molecule is CC1(C)CC(C(=O)N2CCCCC2C(CNC(=O)CCl)Cc2ccccc2)=NO1. The molecule has 0 saturated carbocycles. The van der Waals surface area contributed by atoms with Crippen molar-refractivity contribution in [2.45, 2.75) is 57.6 Å². The van der Waals surface area contributed by atoms with Gasteiger partial charge in [-0.1, -0.05) is 35.5 Å². The Kier molecular flexibility index (Phi) is 7.17. The molecular weight excluding hydrogens is 390 g/mol. The van der Waals surface area contributed by atoms with Gasteiger partial charge in [-0.05, 0) is 45.1 Å². The molecule has 158 valence electrons. The maximum atomic E-state index is 13.3. The summed E-state index contributed by atoms with van der Waals surface area (Å²) >= 11 is 5.67. The number of hydrogen-bond acceptors (Lipinski definition) is 4. The van der Waals surface area contributed by atoms with E-state index in [-0.39, 0.29) is 29.7 Å². The van der Waals surface area contributed by atoms with Gasteiger partial charge in [0.25, 0.3) is 5.91 Å². The Balaban J connectivity index is 1.78. The standard InChI is InChI=1S/C22H30ClN3O3/c1-22(2)13-18(25-29-22)21(28)26-11-7-6-10-19(26)17(15-24-20(27)14-23)12-16-8-4-3-5-9-16/h3-5,8-9,17,19H,6-7,10-15H2,1-2H3,(H,24,27). The third kappa shape index (κ3) is 5.72. The number of nitrogens with zero attached hydrogens (tertiary/aromatic N) is 2. The molecule has 7 heteroatoms. The van der Waals surface area contributed by atoms with Crippen LogP contribution in [0.1, 0.15) is 45.1 Å². The van der Waals surface area contributed by atoms with E-state index in [1.165, 1.54) is 5.56 Å². The molecule has 2 aliphatic rings. The van der Waals surface area contributed by atoms with Crippen molar-refractivity contribution in [1.29, 1.82) is 0 Å². The average molecular weight is 420 g/mol. The minimum Gasteiger partial charge on any atom is -0.389 e. The second-order valence-corrected chi connectivity index (χ2v) is 8.78. The fraction of sp³-hybridized carbons (Fsp3) is 0.591. The molecule has 1 N–H and O–H groups in total. The third-order valence-corrected chi connectivity index (χ3v) is 5.86. The molecule has 2 heterocycles. The van der Waals surface area contributed by atoms with Crippen molar-refractivity contribution in [1.82, 2.24) is 10.2 Å². The normalized spacial score (nSPS) is 21.8. The number of alkyl halides is 1. The maximum absolute atomic E-state index is 13.3. The first-order valence-electron chi connectivity index (χ1n) is 10.3. The van der Waals surface area contributed by atoms with Gasteiger partial charge < -0.3 is 15.1 Å². The van der Waals surface area contributed by atoms with Crippen LogP contribution in [0, 0.1) is 5.92 Å². The van der Waals surface area contributed by atoms with Gasteiger partial charge in [0.05, 0.1) is 0 Å². The van der Waals surface area contributed by atoms with Gasteiger partial charge in [-0.25, -0.2) is 0 Å². The van der Waals surface area contributed by atoms with Crippen molar-refractivity contribution in [3.8, 4) is 0 Å². The molecule has 1 aromatic rings. The zero-order valence-electron chi connectivity index (χ0n) is 17.2. The predicted molar refractivity (Wildman–Crippen MR) is 114 cm³/mol. The molecular formula is C22H30ClN3O3. The van der Waals surface area contributed by atoms with E-state index in [0.717, 1.165) is 25.7 Å². The summed E-state index contributed by atoms with van der Waals surface area (Å²) in [4.78, 5) is 32.4. The molecule has 2 aliphatic heterocycles. The number of hydrogen-bond donors (Lipinski definition) is 1. The van der Waals surface area contributed by atoms with Gasteiger partial charge in [0.15, 0.2) is 0 Å². The number of amides is 2. The van der Waals surface area contributed by atoms with Gasteiger partial charge in [0.2, 0.25) is 5.91 Å².